The monoisotopic (exact) mass is 265 g/mol. The van der Waals surface area contributed by atoms with E-state index >= 15 is 0 Å². The Labute approximate surface area is 109 Å². The van der Waals surface area contributed by atoms with Crippen LogP contribution in [0.25, 0.3) is 11.0 Å². The summed E-state index contributed by atoms with van der Waals surface area (Å²) in [6, 6.07) is 1.47. The molecule has 0 amide bonds. The molecule has 0 unspecified atom stereocenters. The van der Waals surface area contributed by atoms with Crippen LogP contribution in [0.3, 0.4) is 0 Å². The smallest absolute Gasteiger partial charge is 0.354 e. The minimum atomic E-state index is -1.16. The number of nitrogens with zero attached hydrogens (tertiary/aromatic N) is 1. The Kier molecular flexibility index (Phi) is 3.80. The summed E-state index contributed by atoms with van der Waals surface area (Å²) in [4.78, 5) is 17.6. The van der Waals surface area contributed by atoms with E-state index in [-0.39, 0.29) is 11.2 Å². The second-order valence-corrected chi connectivity index (χ2v) is 4.86. The third-order valence-corrected chi connectivity index (χ3v) is 2.76. The van der Waals surface area contributed by atoms with Crippen molar-refractivity contribution in [1.82, 2.24) is 15.3 Å². The molecular weight excluding hydrogens is 249 g/mol. The van der Waals surface area contributed by atoms with Gasteiger partial charge in [-0.3, -0.25) is 0 Å². The van der Waals surface area contributed by atoms with Crippen LogP contribution in [0.4, 0.5) is 4.39 Å². The zero-order valence-electron chi connectivity index (χ0n) is 10.8. The van der Waals surface area contributed by atoms with Crippen LogP contribution in [-0.4, -0.2) is 27.6 Å². The second-order valence-electron chi connectivity index (χ2n) is 4.86. The maximum absolute atomic E-state index is 13.5. The van der Waals surface area contributed by atoms with Crippen LogP contribution in [0, 0.1) is 11.7 Å². The number of nitrogens with one attached hydrogen (secondary N) is 2. The van der Waals surface area contributed by atoms with E-state index in [1.807, 2.05) is 0 Å². The molecule has 0 fully saturated rings. The Morgan fingerprint density at radius 3 is 2.95 bits per heavy atom. The number of hydrogen-bond acceptors (Lipinski definition) is 3. The van der Waals surface area contributed by atoms with Gasteiger partial charge >= 0.3 is 5.97 Å². The first-order chi connectivity index (χ1) is 8.99. The SMILES string of the molecule is CC(C)CNCc1cc(C(=O)O)nc2c(F)c[nH]c12. The molecule has 0 aliphatic rings. The summed E-state index contributed by atoms with van der Waals surface area (Å²) in [5.41, 5.74) is 1.17. The maximum Gasteiger partial charge on any atom is 0.354 e. The molecule has 19 heavy (non-hydrogen) atoms. The first kappa shape index (κ1) is 13.5. The molecule has 0 spiro atoms. The summed E-state index contributed by atoms with van der Waals surface area (Å²) in [6.45, 7) is 5.42. The van der Waals surface area contributed by atoms with Crippen molar-refractivity contribution in [2.45, 2.75) is 20.4 Å². The van der Waals surface area contributed by atoms with Crippen molar-refractivity contribution in [2.24, 2.45) is 5.92 Å². The minimum absolute atomic E-state index is 0.0706. The lowest BCUT2D eigenvalue weighted by molar-refractivity contribution is 0.0691. The Hall–Kier alpha value is -1.95. The van der Waals surface area contributed by atoms with Crippen molar-refractivity contribution in [1.29, 1.82) is 0 Å². The number of aromatic carboxylic acids is 1. The van der Waals surface area contributed by atoms with Crippen molar-refractivity contribution in [3.63, 3.8) is 0 Å². The van der Waals surface area contributed by atoms with Crippen molar-refractivity contribution < 1.29 is 14.3 Å². The van der Waals surface area contributed by atoms with Gasteiger partial charge in [0.05, 0.1) is 5.52 Å². The molecule has 3 N–H and O–H groups in total. The van der Waals surface area contributed by atoms with Gasteiger partial charge in [-0.1, -0.05) is 13.8 Å². The highest BCUT2D eigenvalue weighted by Gasteiger charge is 2.14. The predicted octanol–water partition coefficient (Wildman–Crippen LogP) is 2.15. The van der Waals surface area contributed by atoms with Crippen LogP contribution in [-0.2, 0) is 6.54 Å². The second kappa shape index (κ2) is 5.36. The van der Waals surface area contributed by atoms with E-state index in [4.69, 9.17) is 5.11 Å². The molecule has 6 heteroatoms. The van der Waals surface area contributed by atoms with Gasteiger partial charge in [-0.25, -0.2) is 14.2 Å². The molecule has 2 rings (SSSR count). The molecule has 2 aromatic heterocycles. The summed E-state index contributed by atoms with van der Waals surface area (Å²) >= 11 is 0. The van der Waals surface area contributed by atoms with Gasteiger partial charge in [0.25, 0.3) is 0 Å². The van der Waals surface area contributed by atoms with Gasteiger partial charge in [0.1, 0.15) is 11.2 Å². The number of halogens is 1. The van der Waals surface area contributed by atoms with Gasteiger partial charge in [0, 0.05) is 12.7 Å². The Bertz CT molecular complexity index is 607. The lowest BCUT2D eigenvalue weighted by Gasteiger charge is -2.09. The van der Waals surface area contributed by atoms with Crippen molar-refractivity contribution in [3.05, 3.63) is 29.3 Å². The van der Waals surface area contributed by atoms with Crippen LogP contribution in [0.15, 0.2) is 12.3 Å². The molecule has 102 valence electrons. The molecule has 0 atom stereocenters. The van der Waals surface area contributed by atoms with Crippen LogP contribution < -0.4 is 5.32 Å². The van der Waals surface area contributed by atoms with Crippen LogP contribution in [0.2, 0.25) is 0 Å². The normalized spacial score (nSPS) is 11.4. The third kappa shape index (κ3) is 2.90. The standard InChI is InChI=1S/C13H16FN3O2/c1-7(2)4-15-5-8-3-10(13(18)19)17-12-9(14)6-16-11(8)12/h3,6-7,15-16H,4-5H2,1-2H3,(H,18,19). The van der Waals surface area contributed by atoms with E-state index in [9.17, 15) is 9.18 Å². The molecule has 0 radical (unpaired) electrons. The summed E-state index contributed by atoms with van der Waals surface area (Å²) in [5.74, 6) is -1.22. The molecule has 0 bridgehead atoms. The fourth-order valence-corrected chi connectivity index (χ4v) is 1.88. The lowest BCUT2D eigenvalue weighted by Crippen LogP contribution is -2.19. The topological polar surface area (TPSA) is 78.0 Å². The number of hydrogen-bond donors (Lipinski definition) is 3. The predicted molar refractivity (Wildman–Crippen MR) is 69.6 cm³/mol. The molecule has 2 aromatic rings. The highest BCUT2D eigenvalue weighted by molar-refractivity contribution is 5.90. The van der Waals surface area contributed by atoms with Gasteiger partial charge in [-0.05, 0) is 24.1 Å². The summed E-state index contributed by atoms with van der Waals surface area (Å²) in [7, 11) is 0. The van der Waals surface area contributed by atoms with Gasteiger partial charge in [-0.15, -0.1) is 0 Å². The number of pyridine rings is 1. The van der Waals surface area contributed by atoms with E-state index in [0.29, 0.717) is 23.5 Å². The van der Waals surface area contributed by atoms with Gasteiger partial charge in [0.2, 0.25) is 0 Å². The van der Waals surface area contributed by atoms with Gasteiger partial charge in [-0.2, -0.15) is 0 Å². The molecule has 0 saturated carbocycles. The van der Waals surface area contributed by atoms with E-state index < -0.39 is 11.8 Å². The highest BCUT2D eigenvalue weighted by atomic mass is 19.1. The average Bonchev–Trinajstić information content (AvgIpc) is 2.71. The zero-order valence-corrected chi connectivity index (χ0v) is 10.8. The minimum Gasteiger partial charge on any atom is -0.477 e. The van der Waals surface area contributed by atoms with Crippen molar-refractivity contribution >= 4 is 17.0 Å². The highest BCUT2D eigenvalue weighted by Crippen LogP contribution is 2.20. The average molecular weight is 265 g/mol. The van der Waals surface area contributed by atoms with Crippen molar-refractivity contribution in [3.8, 4) is 0 Å². The van der Waals surface area contributed by atoms with E-state index in [1.54, 1.807) is 0 Å². The Morgan fingerprint density at radius 2 is 2.32 bits per heavy atom. The molecular formula is C13H16FN3O2. The fourth-order valence-electron chi connectivity index (χ4n) is 1.88. The number of carbonyl (C=O) groups is 1. The number of aromatic amines is 1. The van der Waals surface area contributed by atoms with Crippen molar-refractivity contribution in [2.75, 3.05) is 6.54 Å². The van der Waals surface area contributed by atoms with Crippen LogP contribution in [0.1, 0.15) is 29.9 Å². The van der Waals surface area contributed by atoms with E-state index in [1.165, 1.54) is 12.3 Å². The Morgan fingerprint density at radius 1 is 1.58 bits per heavy atom. The first-order valence-corrected chi connectivity index (χ1v) is 6.09. The number of rotatable bonds is 5. The third-order valence-electron chi connectivity index (χ3n) is 2.76. The summed E-state index contributed by atoms with van der Waals surface area (Å²) < 4.78 is 13.5. The Balaban J connectivity index is 2.37. The number of carboxylic acids is 1. The quantitative estimate of drug-likeness (QED) is 0.774. The van der Waals surface area contributed by atoms with Gasteiger partial charge < -0.3 is 15.4 Å². The molecule has 0 aromatic carbocycles. The summed E-state index contributed by atoms with van der Waals surface area (Å²) in [5, 5.41) is 12.2. The molecule has 5 nitrogen and oxygen atoms in total. The molecule has 0 saturated heterocycles. The molecule has 0 aliphatic carbocycles. The summed E-state index contributed by atoms with van der Waals surface area (Å²) in [6.07, 6.45) is 1.19. The zero-order chi connectivity index (χ0) is 14.0. The van der Waals surface area contributed by atoms with E-state index in [0.717, 1.165) is 6.54 Å². The van der Waals surface area contributed by atoms with Crippen LogP contribution in [0.5, 0.6) is 0 Å². The van der Waals surface area contributed by atoms with E-state index in [2.05, 4.69) is 29.1 Å². The maximum atomic E-state index is 13.5. The molecule has 2 heterocycles. The number of H-pyrrole nitrogens is 1. The number of carboxylic acid groups (broad SMARTS) is 1. The lowest BCUT2D eigenvalue weighted by atomic mass is 10.1. The number of aromatic nitrogens is 2. The molecule has 0 aliphatic heterocycles. The number of fused-ring (bicyclic) bond motifs is 1. The van der Waals surface area contributed by atoms with Gasteiger partial charge in [0.15, 0.2) is 5.82 Å². The van der Waals surface area contributed by atoms with Crippen LogP contribution >= 0.6 is 0 Å². The fraction of sp³-hybridized carbons (Fsp3) is 0.385. The first-order valence-electron chi connectivity index (χ1n) is 6.09. The largest absolute Gasteiger partial charge is 0.477 e.